The van der Waals surface area contributed by atoms with Gasteiger partial charge in [0, 0.05) is 17.5 Å². The third-order valence-electron chi connectivity index (χ3n) is 4.03. The van der Waals surface area contributed by atoms with Gasteiger partial charge in [-0.05, 0) is 30.7 Å². The second-order valence-corrected chi connectivity index (χ2v) is 5.78. The number of carbonyl (C=O) groups is 1. The molecule has 0 saturated heterocycles. The largest absolute Gasteiger partial charge is 0.452 e. The molecule has 0 fully saturated rings. The van der Waals surface area contributed by atoms with Crippen LogP contribution in [0.1, 0.15) is 21.8 Å². The summed E-state index contributed by atoms with van der Waals surface area (Å²) >= 11 is 0. The van der Waals surface area contributed by atoms with Crippen molar-refractivity contribution in [3.63, 3.8) is 0 Å². The molecule has 1 N–H and O–H groups in total. The number of amides is 1. The molecule has 4 rings (SSSR count). The molecule has 0 aliphatic heterocycles. The summed E-state index contributed by atoms with van der Waals surface area (Å²) in [7, 11) is 0. The first-order chi connectivity index (χ1) is 12.6. The number of nitrogens with zero attached hydrogens (tertiary/aromatic N) is 2. The SMILES string of the molecule is Cc1c(-c2noc(C(=O)NCc3ccc(F)cc3)n2)oc2ccccc12. The quantitative estimate of drug-likeness (QED) is 0.604. The monoisotopic (exact) mass is 351 g/mol. The van der Waals surface area contributed by atoms with Gasteiger partial charge in [0.25, 0.3) is 0 Å². The molecule has 2 heterocycles. The molecule has 0 radical (unpaired) electrons. The molecule has 0 atom stereocenters. The van der Waals surface area contributed by atoms with Gasteiger partial charge in [-0.2, -0.15) is 4.98 Å². The molecule has 0 saturated carbocycles. The number of fused-ring (bicyclic) bond motifs is 1. The van der Waals surface area contributed by atoms with Crippen molar-refractivity contribution in [2.24, 2.45) is 0 Å². The van der Waals surface area contributed by atoms with Gasteiger partial charge in [0.1, 0.15) is 11.4 Å². The summed E-state index contributed by atoms with van der Waals surface area (Å²) in [5.74, 6) is -0.329. The van der Waals surface area contributed by atoms with E-state index in [1.165, 1.54) is 12.1 Å². The maximum Gasteiger partial charge on any atom is 0.316 e. The van der Waals surface area contributed by atoms with Crippen LogP contribution in [0, 0.1) is 12.7 Å². The summed E-state index contributed by atoms with van der Waals surface area (Å²) in [6.07, 6.45) is 0. The lowest BCUT2D eigenvalue weighted by Gasteiger charge is -2.01. The number of para-hydroxylation sites is 1. The van der Waals surface area contributed by atoms with E-state index in [-0.39, 0.29) is 24.1 Å². The van der Waals surface area contributed by atoms with Gasteiger partial charge >= 0.3 is 11.8 Å². The van der Waals surface area contributed by atoms with Crippen LogP contribution < -0.4 is 5.32 Å². The van der Waals surface area contributed by atoms with E-state index in [0.717, 1.165) is 16.5 Å². The predicted molar refractivity (Wildman–Crippen MR) is 91.8 cm³/mol. The Bertz CT molecular complexity index is 1080. The zero-order chi connectivity index (χ0) is 18.1. The van der Waals surface area contributed by atoms with Gasteiger partial charge < -0.3 is 14.3 Å². The average Bonchev–Trinajstić information content (AvgIpc) is 3.26. The number of rotatable bonds is 4. The summed E-state index contributed by atoms with van der Waals surface area (Å²) < 4.78 is 23.7. The van der Waals surface area contributed by atoms with Crippen molar-refractivity contribution in [3.05, 3.63) is 71.4 Å². The number of halogens is 1. The zero-order valence-corrected chi connectivity index (χ0v) is 13.8. The van der Waals surface area contributed by atoms with E-state index >= 15 is 0 Å². The van der Waals surface area contributed by atoms with Gasteiger partial charge in [-0.25, -0.2) is 4.39 Å². The molecule has 7 heteroatoms. The number of hydrogen-bond acceptors (Lipinski definition) is 5. The smallest absolute Gasteiger partial charge is 0.316 e. The van der Waals surface area contributed by atoms with Gasteiger partial charge in [0.2, 0.25) is 5.82 Å². The molecule has 6 nitrogen and oxygen atoms in total. The maximum atomic E-state index is 12.9. The number of aromatic nitrogens is 2. The van der Waals surface area contributed by atoms with Crippen LogP contribution in [0.2, 0.25) is 0 Å². The molecular formula is C19H14FN3O3. The van der Waals surface area contributed by atoms with E-state index in [1.54, 1.807) is 12.1 Å². The highest BCUT2D eigenvalue weighted by molar-refractivity contribution is 5.90. The Balaban J connectivity index is 1.52. The normalized spacial score (nSPS) is 11.0. The molecular weight excluding hydrogens is 337 g/mol. The Morgan fingerprint density at radius 2 is 1.92 bits per heavy atom. The second-order valence-electron chi connectivity index (χ2n) is 5.78. The molecule has 26 heavy (non-hydrogen) atoms. The number of aryl methyl sites for hydroxylation is 1. The van der Waals surface area contributed by atoms with Crippen molar-refractivity contribution >= 4 is 16.9 Å². The summed E-state index contributed by atoms with van der Waals surface area (Å²) in [5, 5.41) is 7.45. The third-order valence-corrected chi connectivity index (χ3v) is 4.03. The lowest BCUT2D eigenvalue weighted by molar-refractivity contribution is 0.0907. The average molecular weight is 351 g/mol. The van der Waals surface area contributed by atoms with Crippen molar-refractivity contribution in [1.82, 2.24) is 15.5 Å². The van der Waals surface area contributed by atoms with Gasteiger partial charge in [-0.15, -0.1) is 0 Å². The summed E-state index contributed by atoms with van der Waals surface area (Å²) in [4.78, 5) is 16.3. The van der Waals surface area contributed by atoms with Crippen molar-refractivity contribution in [3.8, 4) is 11.6 Å². The summed E-state index contributed by atoms with van der Waals surface area (Å²) in [6, 6.07) is 13.4. The van der Waals surface area contributed by atoms with Crippen LogP contribution in [0.5, 0.6) is 0 Å². The van der Waals surface area contributed by atoms with Gasteiger partial charge in [0.05, 0.1) is 0 Å². The fraction of sp³-hybridized carbons (Fsp3) is 0.105. The van der Waals surface area contributed by atoms with Crippen molar-refractivity contribution in [2.75, 3.05) is 0 Å². The van der Waals surface area contributed by atoms with E-state index in [4.69, 9.17) is 8.94 Å². The Morgan fingerprint density at radius 3 is 2.69 bits per heavy atom. The topological polar surface area (TPSA) is 81.2 Å². The highest BCUT2D eigenvalue weighted by atomic mass is 19.1. The standard InChI is InChI=1S/C19H14FN3O3/c1-11-14-4-2-3-5-15(14)25-16(11)17-22-19(26-23-17)18(24)21-10-12-6-8-13(20)9-7-12/h2-9H,10H2,1H3,(H,21,24). The van der Waals surface area contributed by atoms with E-state index in [1.807, 2.05) is 31.2 Å². The fourth-order valence-electron chi connectivity index (χ4n) is 2.66. The minimum absolute atomic E-state index is 0.165. The molecule has 0 aliphatic carbocycles. The Kier molecular flexibility index (Phi) is 3.96. The van der Waals surface area contributed by atoms with Crippen molar-refractivity contribution in [2.45, 2.75) is 13.5 Å². The highest BCUT2D eigenvalue weighted by Crippen LogP contribution is 2.31. The van der Waals surface area contributed by atoms with Crippen LogP contribution in [0.4, 0.5) is 4.39 Å². The first-order valence-corrected chi connectivity index (χ1v) is 7.96. The van der Waals surface area contributed by atoms with Crippen LogP contribution in [0.15, 0.2) is 57.5 Å². The maximum absolute atomic E-state index is 12.9. The van der Waals surface area contributed by atoms with Gasteiger partial charge in [0.15, 0.2) is 5.76 Å². The molecule has 2 aromatic heterocycles. The first-order valence-electron chi connectivity index (χ1n) is 7.96. The van der Waals surface area contributed by atoms with E-state index < -0.39 is 5.91 Å². The lowest BCUT2D eigenvalue weighted by Crippen LogP contribution is -2.23. The molecule has 4 aromatic rings. The van der Waals surface area contributed by atoms with Crippen LogP contribution >= 0.6 is 0 Å². The van der Waals surface area contributed by atoms with Gasteiger partial charge in [-0.3, -0.25) is 4.79 Å². The second kappa shape index (κ2) is 6.44. The van der Waals surface area contributed by atoms with Crippen molar-refractivity contribution < 1.29 is 18.1 Å². The predicted octanol–water partition coefficient (Wildman–Crippen LogP) is 3.86. The lowest BCUT2D eigenvalue weighted by atomic mass is 10.1. The molecule has 0 aliphatic rings. The fourth-order valence-corrected chi connectivity index (χ4v) is 2.66. The van der Waals surface area contributed by atoms with Gasteiger partial charge in [-0.1, -0.05) is 35.5 Å². The Labute approximate surface area is 147 Å². The molecule has 130 valence electrons. The minimum Gasteiger partial charge on any atom is -0.452 e. The molecule has 0 bridgehead atoms. The summed E-state index contributed by atoms with van der Waals surface area (Å²) in [5.41, 5.74) is 2.35. The zero-order valence-electron chi connectivity index (χ0n) is 13.8. The Morgan fingerprint density at radius 1 is 1.15 bits per heavy atom. The Hall–Kier alpha value is -3.48. The minimum atomic E-state index is -0.512. The molecule has 0 spiro atoms. The molecule has 1 amide bonds. The number of benzene rings is 2. The van der Waals surface area contributed by atoms with Crippen LogP contribution in [-0.2, 0) is 6.54 Å². The highest BCUT2D eigenvalue weighted by Gasteiger charge is 2.20. The van der Waals surface area contributed by atoms with Crippen molar-refractivity contribution in [1.29, 1.82) is 0 Å². The molecule has 2 aromatic carbocycles. The van der Waals surface area contributed by atoms with E-state index in [2.05, 4.69) is 15.5 Å². The van der Waals surface area contributed by atoms with E-state index in [0.29, 0.717) is 11.3 Å². The van der Waals surface area contributed by atoms with E-state index in [9.17, 15) is 9.18 Å². The molecule has 0 unspecified atom stereocenters. The first kappa shape index (κ1) is 16.0. The number of carbonyl (C=O) groups excluding carboxylic acids is 1. The van der Waals surface area contributed by atoms with Crippen LogP contribution in [-0.4, -0.2) is 16.0 Å². The summed E-state index contributed by atoms with van der Waals surface area (Å²) in [6.45, 7) is 2.12. The number of furan rings is 1. The number of hydrogen-bond donors (Lipinski definition) is 1. The number of nitrogens with one attached hydrogen (secondary N) is 1. The van der Waals surface area contributed by atoms with Crippen LogP contribution in [0.25, 0.3) is 22.6 Å². The van der Waals surface area contributed by atoms with Crippen LogP contribution in [0.3, 0.4) is 0 Å². The third kappa shape index (κ3) is 2.95.